The maximum absolute atomic E-state index is 12.9. The SMILES string of the molecule is CC[C@@]1(C)C(OC(=O)Nc2nc(Cl)nc3c2ncn3[C@@H]2O[C@H](CCP(=O)(O)O)C(O)C2O)CCC1(C)C. The Morgan fingerprint density at radius 3 is 2.65 bits per heavy atom. The first kappa shape index (κ1) is 28.2. The predicted molar refractivity (Wildman–Crippen MR) is 133 cm³/mol. The first-order chi connectivity index (χ1) is 17.2. The molecule has 2 aromatic heterocycles. The Kier molecular flexibility index (Phi) is 7.63. The van der Waals surface area contributed by atoms with E-state index in [-0.39, 0.29) is 45.6 Å². The lowest BCUT2D eigenvalue weighted by molar-refractivity contribution is -0.0355. The predicted octanol–water partition coefficient (Wildman–Crippen LogP) is 2.82. The van der Waals surface area contributed by atoms with Gasteiger partial charge in [0.05, 0.1) is 18.6 Å². The molecule has 1 aliphatic carbocycles. The van der Waals surface area contributed by atoms with Crippen LogP contribution >= 0.6 is 19.2 Å². The topological polar surface area (TPSA) is 189 Å². The summed E-state index contributed by atoms with van der Waals surface area (Å²) in [5.74, 6) is 0.000272. The molecule has 1 saturated carbocycles. The number of carbonyl (C=O) groups excluding carboxylic acids is 1. The van der Waals surface area contributed by atoms with E-state index in [4.69, 9.17) is 30.9 Å². The zero-order chi connectivity index (χ0) is 27.3. The van der Waals surface area contributed by atoms with Gasteiger partial charge in [-0.25, -0.2) is 9.78 Å². The highest BCUT2D eigenvalue weighted by atomic mass is 35.5. The molecule has 1 saturated heterocycles. The first-order valence-electron chi connectivity index (χ1n) is 12.1. The summed E-state index contributed by atoms with van der Waals surface area (Å²) in [6, 6.07) is 0. The van der Waals surface area contributed by atoms with Crippen LogP contribution < -0.4 is 5.32 Å². The molecule has 4 rings (SSSR count). The van der Waals surface area contributed by atoms with Crippen molar-refractivity contribution < 1.29 is 38.8 Å². The third-order valence-electron chi connectivity index (χ3n) is 8.20. The summed E-state index contributed by atoms with van der Waals surface area (Å²) in [5.41, 5.74) is 0.0719. The molecule has 0 aromatic carbocycles. The largest absolute Gasteiger partial charge is 0.445 e. The van der Waals surface area contributed by atoms with Crippen LogP contribution in [0.1, 0.15) is 59.6 Å². The van der Waals surface area contributed by atoms with Gasteiger partial charge in [-0.15, -0.1) is 0 Å². The van der Waals surface area contributed by atoms with Gasteiger partial charge in [-0.3, -0.25) is 14.4 Å². The number of fused-ring (bicyclic) bond motifs is 1. The van der Waals surface area contributed by atoms with Gasteiger partial charge in [-0.05, 0) is 42.7 Å². The van der Waals surface area contributed by atoms with Crippen LogP contribution in [-0.4, -0.2) is 76.2 Å². The van der Waals surface area contributed by atoms with Gasteiger partial charge < -0.3 is 29.5 Å². The summed E-state index contributed by atoms with van der Waals surface area (Å²) in [5, 5.41) is 23.3. The van der Waals surface area contributed by atoms with Crippen molar-refractivity contribution in [3.05, 3.63) is 11.6 Å². The molecule has 6 atom stereocenters. The van der Waals surface area contributed by atoms with Crippen molar-refractivity contribution in [2.24, 2.45) is 10.8 Å². The summed E-state index contributed by atoms with van der Waals surface area (Å²) in [6.07, 6.45) is -2.93. The van der Waals surface area contributed by atoms with E-state index in [9.17, 15) is 19.6 Å². The van der Waals surface area contributed by atoms with Crippen LogP contribution in [0.2, 0.25) is 5.28 Å². The zero-order valence-electron chi connectivity index (χ0n) is 21.0. The highest BCUT2D eigenvalue weighted by Crippen LogP contribution is 2.55. The molecule has 0 bridgehead atoms. The van der Waals surface area contributed by atoms with E-state index >= 15 is 0 Å². The van der Waals surface area contributed by atoms with Crippen LogP contribution in [0.25, 0.3) is 11.2 Å². The van der Waals surface area contributed by atoms with Gasteiger partial charge in [-0.2, -0.15) is 9.97 Å². The first-order valence-corrected chi connectivity index (χ1v) is 14.3. The molecule has 5 N–H and O–H groups in total. The van der Waals surface area contributed by atoms with Crippen molar-refractivity contribution in [1.29, 1.82) is 0 Å². The Morgan fingerprint density at radius 2 is 2.00 bits per heavy atom. The monoisotopic (exact) mass is 561 g/mol. The van der Waals surface area contributed by atoms with Crippen molar-refractivity contribution in [1.82, 2.24) is 19.5 Å². The fourth-order valence-electron chi connectivity index (χ4n) is 5.34. The average Bonchev–Trinajstić information content (AvgIpc) is 3.41. The Labute approximate surface area is 218 Å². The fraction of sp³-hybridized carbons (Fsp3) is 0.727. The van der Waals surface area contributed by atoms with Crippen LogP contribution in [0.3, 0.4) is 0 Å². The number of nitrogens with zero attached hydrogens (tertiary/aromatic N) is 4. The third-order valence-corrected chi connectivity index (χ3v) is 9.21. The van der Waals surface area contributed by atoms with Crippen molar-refractivity contribution in [2.75, 3.05) is 11.5 Å². The van der Waals surface area contributed by atoms with E-state index in [2.05, 4.69) is 48.0 Å². The van der Waals surface area contributed by atoms with Gasteiger partial charge in [-0.1, -0.05) is 27.7 Å². The highest BCUT2D eigenvalue weighted by Gasteiger charge is 2.52. The standard InChI is InChI=1S/C22H33ClN5O8P/c1-5-22(4)12(6-8-21(22,2)3)36-20(31)26-16-13-17(27-19(23)25-16)28(10-24-13)18-15(30)14(29)11(35-18)7-9-37(32,33)34/h10-12,14-15,18,29-30H,5-9H2,1-4H3,(H2,32,33,34)(H,25,26,27,31)/t11-,12?,14?,15?,18-,22+/m1/s1. The number of amides is 1. The number of aliphatic hydroxyl groups excluding tert-OH is 2. The maximum atomic E-state index is 12.9. The van der Waals surface area contributed by atoms with Gasteiger partial charge in [0.2, 0.25) is 5.28 Å². The van der Waals surface area contributed by atoms with Gasteiger partial charge in [0.15, 0.2) is 23.2 Å². The van der Waals surface area contributed by atoms with E-state index in [1.54, 1.807) is 0 Å². The lowest BCUT2D eigenvalue weighted by Crippen LogP contribution is -2.40. The second kappa shape index (κ2) is 10.0. The van der Waals surface area contributed by atoms with Crippen molar-refractivity contribution >= 4 is 42.3 Å². The Morgan fingerprint density at radius 1 is 1.30 bits per heavy atom. The summed E-state index contributed by atoms with van der Waals surface area (Å²) >= 11 is 6.12. The smallest absolute Gasteiger partial charge is 0.413 e. The number of ether oxygens (including phenoxy) is 2. The molecule has 3 unspecified atom stereocenters. The van der Waals surface area contributed by atoms with E-state index in [0.29, 0.717) is 0 Å². The lowest BCUT2D eigenvalue weighted by atomic mass is 9.67. The fourth-order valence-corrected chi connectivity index (χ4v) is 6.09. The minimum absolute atomic E-state index is 0.000272. The number of nitrogens with one attached hydrogen (secondary N) is 1. The number of anilines is 1. The van der Waals surface area contributed by atoms with Crippen molar-refractivity contribution in [2.45, 2.75) is 84.0 Å². The van der Waals surface area contributed by atoms with Crippen LogP contribution in [0.4, 0.5) is 10.6 Å². The summed E-state index contributed by atoms with van der Waals surface area (Å²) in [7, 11) is -4.32. The highest BCUT2D eigenvalue weighted by molar-refractivity contribution is 7.51. The molecule has 15 heteroatoms. The van der Waals surface area contributed by atoms with Crippen LogP contribution in [0, 0.1) is 10.8 Å². The van der Waals surface area contributed by atoms with Crippen LogP contribution in [0.5, 0.6) is 0 Å². The lowest BCUT2D eigenvalue weighted by Gasteiger charge is -2.41. The molecule has 2 fully saturated rings. The van der Waals surface area contributed by atoms with Gasteiger partial charge >= 0.3 is 13.7 Å². The van der Waals surface area contributed by atoms with Crippen molar-refractivity contribution in [3.63, 3.8) is 0 Å². The number of hydrogen-bond donors (Lipinski definition) is 5. The molecule has 3 heterocycles. The normalized spacial score (nSPS) is 31.6. The Balaban J connectivity index is 1.54. The quantitative estimate of drug-likeness (QED) is 0.247. The number of imidazole rings is 1. The van der Waals surface area contributed by atoms with E-state index in [1.807, 2.05) is 0 Å². The number of aromatic nitrogens is 4. The van der Waals surface area contributed by atoms with E-state index in [0.717, 1.165) is 19.3 Å². The molecule has 0 spiro atoms. The Hall–Kier alpha value is -1.86. The van der Waals surface area contributed by atoms with E-state index in [1.165, 1.54) is 10.9 Å². The zero-order valence-corrected chi connectivity index (χ0v) is 22.7. The number of aliphatic hydroxyl groups is 2. The molecule has 1 aliphatic heterocycles. The van der Waals surface area contributed by atoms with Crippen LogP contribution in [0.15, 0.2) is 6.33 Å². The number of halogens is 1. The molecular weight excluding hydrogens is 529 g/mol. The molecule has 206 valence electrons. The third kappa shape index (κ3) is 5.36. The number of hydrogen-bond acceptors (Lipinski definition) is 9. The summed E-state index contributed by atoms with van der Waals surface area (Å²) < 4.78 is 24.0. The second-order valence-corrected chi connectivity index (χ2v) is 12.7. The summed E-state index contributed by atoms with van der Waals surface area (Å²) in [6.45, 7) is 8.54. The van der Waals surface area contributed by atoms with Crippen molar-refractivity contribution in [3.8, 4) is 0 Å². The minimum Gasteiger partial charge on any atom is -0.445 e. The van der Waals surface area contributed by atoms with Gasteiger partial charge in [0.25, 0.3) is 0 Å². The van der Waals surface area contributed by atoms with E-state index < -0.39 is 44.4 Å². The van der Waals surface area contributed by atoms with Gasteiger partial charge in [0.1, 0.15) is 18.3 Å². The molecule has 37 heavy (non-hydrogen) atoms. The number of carbonyl (C=O) groups is 1. The van der Waals surface area contributed by atoms with Crippen LogP contribution in [-0.2, 0) is 14.0 Å². The molecular formula is C22H33ClN5O8P. The molecule has 13 nitrogen and oxygen atoms in total. The maximum Gasteiger partial charge on any atom is 0.413 e. The molecule has 0 radical (unpaired) electrons. The summed E-state index contributed by atoms with van der Waals surface area (Å²) in [4.78, 5) is 43.6. The second-order valence-electron chi connectivity index (χ2n) is 10.6. The molecule has 2 aliphatic rings. The minimum atomic E-state index is -4.32. The average molecular weight is 562 g/mol. The number of rotatable bonds is 7. The molecule has 1 amide bonds. The Bertz CT molecular complexity index is 1220. The molecule has 2 aromatic rings. The van der Waals surface area contributed by atoms with Gasteiger partial charge in [0, 0.05) is 5.41 Å².